The van der Waals surface area contributed by atoms with E-state index >= 15 is 0 Å². The summed E-state index contributed by atoms with van der Waals surface area (Å²) in [6.07, 6.45) is 2.10. The van der Waals surface area contributed by atoms with Crippen LogP contribution in [0.3, 0.4) is 0 Å². The molecule has 1 aromatic carbocycles. The van der Waals surface area contributed by atoms with Crippen molar-refractivity contribution in [1.29, 1.82) is 0 Å². The van der Waals surface area contributed by atoms with Gasteiger partial charge in [-0.25, -0.2) is 0 Å². The predicted molar refractivity (Wildman–Crippen MR) is 77.3 cm³/mol. The van der Waals surface area contributed by atoms with Crippen LogP contribution in [0, 0.1) is 0 Å². The number of nitrogens with zero attached hydrogens (tertiary/aromatic N) is 2. The Morgan fingerprint density at radius 2 is 2.11 bits per heavy atom. The Kier molecular flexibility index (Phi) is 3.86. The van der Waals surface area contributed by atoms with Crippen molar-refractivity contribution in [2.24, 2.45) is 0 Å². The van der Waals surface area contributed by atoms with Gasteiger partial charge in [0.25, 0.3) is 5.89 Å². The van der Waals surface area contributed by atoms with Crippen molar-refractivity contribution in [1.82, 2.24) is 15.5 Å². The molecule has 1 fully saturated rings. The van der Waals surface area contributed by atoms with Crippen LogP contribution >= 0.6 is 27.5 Å². The maximum absolute atomic E-state index is 6.00. The highest BCUT2D eigenvalue weighted by molar-refractivity contribution is 9.10. The van der Waals surface area contributed by atoms with Gasteiger partial charge in [-0.2, -0.15) is 4.98 Å². The first-order chi connectivity index (χ1) is 9.24. The fourth-order valence-electron chi connectivity index (χ4n) is 2.25. The number of piperidine rings is 1. The van der Waals surface area contributed by atoms with E-state index in [0.717, 1.165) is 41.8 Å². The highest BCUT2D eigenvalue weighted by atomic mass is 79.9. The SMILES string of the molecule is Clc1ccc(Br)c(-c2nc(C3CCNCC3)no2)c1. The van der Waals surface area contributed by atoms with Crippen LogP contribution in [-0.2, 0) is 0 Å². The molecule has 1 saturated heterocycles. The second-order valence-corrected chi connectivity index (χ2v) is 5.90. The standard InChI is InChI=1S/C13H13BrClN3O/c14-11-2-1-9(15)7-10(11)13-17-12(18-19-13)8-3-5-16-6-4-8/h1-2,7-8,16H,3-6H2. The van der Waals surface area contributed by atoms with Gasteiger partial charge in [-0.05, 0) is 60.1 Å². The van der Waals surface area contributed by atoms with E-state index in [2.05, 4.69) is 31.4 Å². The smallest absolute Gasteiger partial charge is 0.259 e. The van der Waals surface area contributed by atoms with Crippen molar-refractivity contribution in [3.05, 3.63) is 33.5 Å². The minimum Gasteiger partial charge on any atom is -0.334 e. The molecule has 100 valence electrons. The van der Waals surface area contributed by atoms with Crippen LogP contribution in [0.4, 0.5) is 0 Å². The maximum atomic E-state index is 6.00. The molecule has 3 rings (SSSR count). The van der Waals surface area contributed by atoms with Crippen molar-refractivity contribution in [3.63, 3.8) is 0 Å². The van der Waals surface area contributed by atoms with Crippen LogP contribution in [-0.4, -0.2) is 23.2 Å². The van der Waals surface area contributed by atoms with E-state index in [4.69, 9.17) is 16.1 Å². The molecule has 0 saturated carbocycles. The average molecular weight is 343 g/mol. The summed E-state index contributed by atoms with van der Waals surface area (Å²) < 4.78 is 6.27. The van der Waals surface area contributed by atoms with E-state index in [1.165, 1.54) is 0 Å². The minimum atomic E-state index is 0.386. The Labute approximate surface area is 124 Å². The van der Waals surface area contributed by atoms with Crippen molar-refractivity contribution in [3.8, 4) is 11.5 Å². The first-order valence-electron chi connectivity index (χ1n) is 6.24. The van der Waals surface area contributed by atoms with Crippen LogP contribution in [0.5, 0.6) is 0 Å². The van der Waals surface area contributed by atoms with Crippen LogP contribution in [0.15, 0.2) is 27.2 Å². The van der Waals surface area contributed by atoms with Gasteiger partial charge in [0.05, 0.1) is 5.56 Å². The fourth-order valence-corrected chi connectivity index (χ4v) is 2.84. The molecular formula is C13H13BrClN3O. The van der Waals surface area contributed by atoms with Gasteiger partial charge in [-0.1, -0.05) is 16.8 Å². The lowest BCUT2D eigenvalue weighted by Gasteiger charge is -2.18. The third kappa shape index (κ3) is 2.83. The van der Waals surface area contributed by atoms with Gasteiger partial charge >= 0.3 is 0 Å². The van der Waals surface area contributed by atoms with Gasteiger partial charge < -0.3 is 9.84 Å². The van der Waals surface area contributed by atoms with Crippen LogP contribution < -0.4 is 5.32 Å². The van der Waals surface area contributed by atoms with Crippen LogP contribution in [0.1, 0.15) is 24.6 Å². The Morgan fingerprint density at radius 1 is 1.32 bits per heavy atom. The summed E-state index contributed by atoms with van der Waals surface area (Å²) in [7, 11) is 0. The normalized spacial score (nSPS) is 16.7. The predicted octanol–water partition coefficient (Wildman–Crippen LogP) is 3.62. The topological polar surface area (TPSA) is 51.0 Å². The highest BCUT2D eigenvalue weighted by Gasteiger charge is 2.21. The van der Waals surface area contributed by atoms with Gasteiger partial charge in [0.2, 0.25) is 0 Å². The minimum absolute atomic E-state index is 0.386. The second kappa shape index (κ2) is 5.61. The quantitative estimate of drug-likeness (QED) is 0.905. The molecule has 1 aromatic heterocycles. The zero-order chi connectivity index (χ0) is 13.2. The molecule has 0 radical (unpaired) electrons. The number of rotatable bonds is 2. The number of hydrogen-bond acceptors (Lipinski definition) is 4. The van der Waals surface area contributed by atoms with Crippen molar-refractivity contribution >= 4 is 27.5 Å². The van der Waals surface area contributed by atoms with Crippen molar-refractivity contribution in [2.45, 2.75) is 18.8 Å². The molecule has 0 bridgehead atoms. The molecule has 0 aliphatic carbocycles. The van der Waals surface area contributed by atoms with Gasteiger partial charge in [-0.3, -0.25) is 0 Å². The third-order valence-corrected chi connectivity index (χ3v) is 4.23. The third-order valence-electron chi connectivity index (χ3n) is 3.30. The first kappa shape index (κ1) is 13.1. The van der Waals surface area contributed by atoms with E-state index in [-0.39, 0.29) is 0 Å². The molecule has 0 spiro atoms. The van der Waals surface area contributed by atoms with E-state index in [0.29, 0.717) is 16.8 Å². The van der Waals surface area contributed by atoms with Gasteiger partial charge in [-0.15, -0.1) is 0 Å². The zero-order valence-electron chi connectivity index (χ0n) is 10.2. The summed E-state index contributed by atoms with van der Waals surface area (Å²) in [4.78, 5) is 4.51. The Morgan fingerprint density at radius 3 is 2.89 bits per heavy atom. The number of hydrogen-bond donors (Lipinski definition) is 1. The Balaban J connectivity index is 1.89. The zero-order valence-corrected chi connectivity index (χ0v) is 12.5. The summed E-state index contributed by atoms with van der Waals surface area (Å²) in [6.45, 7) is 2.02. The molecule has 19 heavy (non-hydrogen) atoms. The van der Waals surface area contributed by atoms with Crippen LogP contribution in [0.2, 0.25) is 5.02 Å². The van der Waals surface area contributed by atoms with E-state index in [1.54, 1.807) is 0 Å². The monoisotopic (exact) mass is 341 g/mol. The lowest BCUT2D eigenvalue weighted by atomic mass is 9.98. The van der Waals surface area contributed by atoms with Crippen molar-refractivity contribution < 1.29 is 4.52 Å². The summed E-state index contributed by atoms with van der Waals surface area (Å²) in [5, 5.41) is 8.09. The number of halogens is 2. The molecule has 0 atom stereocenters. The summed E-state index contributed by atoms with van der Waals surface area (Å²) in [5.74, 6) is 1.70. The molecule has 1 N–H and O–H groups in total. The molecule has 0 unspecified atom stereocenters. The number of nitrogens with one attached hydrogen (secondary N) is 1. The van der Waals surface area contributed by atoms with Gasteiger partial charge in [0.15, 0.2) is 5.82 Å². The molecule has 2 heterocycles. The maximum Gasteiger partial charge on any atom is 0.259 e. The Hall–Kier alpha value is -0.910. The Bertz CT molecular complexity index is 581. The highest BCUT2D eigenvalue weighted by Crippen LogP contribution is 2.31. The van der Waals surface area contributed by atoms with Gasteiger partial charge in [0, 0.05) is 15.4 Å². The average Bonchev–Trinajstić information content (AvgIpc) is 2.92. The summed E-state index contributed by atoms with van der Waals surface area (Å²) >= 11 is 9.48. The largest absolute Gasteiger partial charge is 0.334 e. The van der Waals surface area contributed by atoms with Gasteiger partial charge in [0.1, 0.15) is 0 Å². The lowest BCUT2D eigenvalue weighted by molar-refractivity contribution is 0.392. The first-order valence-corrected chi connectivity index (χ1v) is 7.41. The number of benzene rings is 1. The molecule has 1 aliphatic rings. The molecule has 4 nitrogen and oxygen atoms in total. The lowest BCUT2D eigenvalue weighted by Crippen LogP contribution is -2.27. The summed E-state index contributed by atoms with van der Waals surface area (Å²) in [5.41, 5.74) is 0.834. The number of aromatic nitrogens is 2. The molecule has 6 heteroatoms. The molecular weight excluding hydrogens is 330 g/mol. The molecule has 2 aromatic rings. The molecule has 0 amide bonds. The van der Waals surface area contributed by atoms with E-state index in [1.807, 2.05) is 18.2 Å². The second-order valence-electron chi connectivity index (χ2n) is 4.61. The summed E-state index contributed by atoms with van der Waals surface area (Å²) in [6, 6.07) is 5.52. The van der Waals surface area contributed by atoms with Crippen molar-refractivity contribution in [2.75, 3.05) is 13.1 Å². The van der Waals surface area contributed by atoms with Crippen LogP contribution in [0.25, 0.3) is 11.5 Å². The van der Waals surface area contributed by atoms with E-state index < -0.39 is 0 Å². The molecule has 1 aliphatic heterocycles. The fraction of sp³-hybridized carbons (Fsp3) is 0.385. The van der Waals surface area contributed by atoms with E-state index in [9.17, 15) is 0 Å².